The summed E-state index contributed by atoms with van der Waals surface area (Å²) < 4.78 is 0. The van der Waals surface area contributed by atoms with Gasteiger partial charge in [-0.2, -0.15) is 0 Å². The summed E-state index contributed by atoms with van der Waals surface area (Å²) in [6, 6.07) is 9.03. The van der Waals surface area contributed by atoms with Gasteiger partial charge in [-0.15, -0.1) is 25.3 Å². The highest BCUT2D eigenvalue weighted by Gasteiger charge is 2.02. The molecular weight excluding hydrogens is 322 g/mol. The molecule has 6 nitrogen and oxygen atoms in total. The highest BCUT2D eigenvalue weighted by molar-refractivity contribution is 7.80. The van der Waals surface area contributed by atoms with E-state index in [-0.39, 0.29) is 11.3 Å². The number of hydrogen-bond donors (Lipinski definition) is 6. The maximum absolute atomic E-state index is 10.6. The molecule has 2 aromatic rings. The van der Waals surface area contributed by atoms with Crippen molar-refractivity contribution in [3.63, 3.8) is 0 Å². The van der Waals surface area contributed by atoms with Crippen LogP contribution in [0.25, 0.3) is 0 Å². The summed E-state index contributed by atoms with van der Waals surface area (Å²) in [5, 5.41) is 9.06. The van der Waals surface area contributed by atoms with Gasteiger partial charge in [0.1, 0.15) is 5.75 Å². The maximum Gasteiger partial charge on any atom is 0.248 e. The minimum absolute atomic E-state index is 0.0374. The zero-order chi connectivity index (χ0) is 16.9. The van der Waals surface area contributed by atoms with E-state index < -0.39 is 11.8 Å². The summed E-state index contributed by atoms with van der Waals surface area (Å²) in [7, 11) is 0. The number of carbonyl (C=O) groups excluding carboxylic acids is 2. The van der Waals surface area contributed by atoms with Gasteiger partial charge in [0, 0.05) is 26.6 Å². The van der Waals surface area contributed by atoms with Gasteiger partial charge in [-0.25, -0.2) is 0 Å². The summed E-state index contributed by atoms with van der Waals surface area (Å²) >= 11 is 7.95. The zero-order valence-corrected chi connectivity index (χ0v) is 13.1. The van der Waals surface area contributed by atoms with Crippen molar-refractivity contribution < 1.29 is 14.7 Å². The van der Waals surface area contributed by atoms with E-state index in [1.54, 1.807) is 12.1 Å². The number of anilines is 1. The summed E-state index contributed by atoms with van der Waals surface area (Å²) in [5.74, 6) is -1.08. The van der Waals surface area contributed by atoms with Gasteiger partial charge in [0.15, 0.2) is 0 Å². The topological polar surface area (TPSA) is 132 Å². The monoisotopic (exact) mass is 337 g/mol. The molecule has 0 aliphatic heterocycles. The second kappa shape index (κ2) is 7.62. The zero-order valence-electron chi connectivity index (χ0n) is 11.4. The first-order valence-electron chi connectivity index (χ1n) is 5.92. The molecule has 2 rings (SSSR count). The second-order valence-corrected chi connectivity index (χ2v) is 5.17. The highest BCUT2D eigenvalue weighted by Crippen LogP contribution is 2.21. The minimum atomic E-state index is -0.561. The van der Waals surface area contributed by atoms with Crippen LogP contribution in [0.3, 0.4) is 0 Å². The molecule has 0 aliphatic rings. The molecule has 0 spiro atoms. The van der Waals surface area contributed by atoms with Gasteiger partial charge < -0.3 is 22.3 Å². The number of primary amides is 2. The first-order valence-corrected chi connectivity index (χ1v) is 6.82. The van der Waals surface area contributed by atoms with Crippen molar-refractivity contribution in [3.05, 3.63) is 47.5 Å². The highest BCUT2D eigenvalue weighted by atomic mass is 32.1. The molecule has 2 amide bonds. The second-order valence-electron chi connectivity index (χ2n) is 4.21. The van der Waals surface area contributed by atoms with Crippen molar-refractivity contribution >= 4 is 42.8 Å². The van der Waals surface area contributed by atoms with E-state index in [2.05, 4.69) is 25.3 Å². The lowest BCUT2D eigenvalue weighted by Crippen LogP contribution is -2.11. The van der Waals surface area contributed by atoms with Gasteiger partial charge in [-0.05, 0) is 36.4 Å². The Morgan fingerprint density at radius 1 is 0.864 bits per heavy atom. The molecule has 0 radical (unpaired) electrons. The van der Waals surface area contributed by atoms with Crippen molar-refractivity contribution in [2.45, 2.75) is 9.79 Å². The average Bonchev–Trinajstić information content (AvgIpc) is 2.45. The van der Waals surface area contributed by atoms with Crippen LogP contribution < -0.4 is 17.2 Å². The molecular formula is C14H15N3O3S2. The third kappa shape index (κ3) is 4.90. The molecule has 0 unspecified atom stereocenters. The van der Waals surface area contributed by atoms with Crippen LogP contribution in [0.15, 0.2) is 46.2 Å². The van der Waals surface area contributed by atoms with Crippen LogP contribution in [0.2, 0.25) is 0 Å². The predicted octanol–water partition coefficient (Wildman–Crippen LogP) is 1.44. The number of rotatable bonds is 2. The Morgan fingerprint density at radius 3 is 1.73 bits per heavy atom. The molecule has 0 saturated heterocycles. The van der Waals surface area contributed by atoms with Gasteiger partial charge in [0.2, 0.25) is 11.8 Å². The van der Waals surface area contributed by atoms with E-state index in [0.717, 1.165) is 0 Å². The van der Waals surface area contributed by atoms with Crippen LogP contribution in [0.4, 0.5) is 5.69 Å². The fourth-order valence-corrected chi connectivity index (χ4v) is 1.66. The number of nitrogens with two attached hydrogens (primary N) is 3. The van der Waals surface area contributed by atoms with Crippen molar-refractivity contribution in [1.82, 2.24) is 0 Å². The van der Waals surface area contributed by atoms with E-state index in [0.29, 0.717) is 21.0 Å². The Hall–Kier alpha value is -2.32. The number of phenolic OH excluding ortho intramolecular Hbond substituents is 1. The molecule has 0 bridgehead atoms. The SMILES string of the molecule is NC(=O)c1ccc(S)c(N)c1.NC(=O)c1ccc(S)c(O)c1. The van der Waals surface area contributed by atoms with Crippen LogP contribution in [0, 0.1) is 0 Å². The summed E-state index contributed by atoms with van der Waals surface area (Å²) in [5.41, 5.74) is 16.6. The first-order chi connectivity index (χ1) is 10.2. The van der Waals surface area contributed by atoms with Crippen LogP contribution >= 0.6 is 25.3 Å². The van der Waals surface area contributed by atoms with Crippen LogP contribution in [-0.4, -0.2) is 16.9 Å². The lowest BCUT2D eigenvalue weighted by Gasteiger charge is -1.99. The Kier molecular flexibility index (Phi) is 6.14. The molecule has 22 heavy (non-hydrogen) atoms. The van der Waals surface area contributed by atoms with Crippen LogP contribution in [0.5, 0.6) is 5.75 Å². The van der Waals surface area contributed by atoms with E-state index in [9.17, 15) is 9.59 Å². The standard InChI is InChI=1S/C7H8N2OS.C7H7NO2S/c8-5-3-4(7(9)10)1-2-6(5)11;8-7(10)4-1-2-6(11)5(9)3-4/h1-3,11H,8H2,(H2,9,10);1-3,9,11H,(H2,8,10). The van der Waals surface area contributed by atoms with Crippen molar-refractivity contribution in [2.75, 3.05) is 5.73 Å². The van der Waals surface area contributed by atoms with Crippen LogP contribution in [-0.2, 0) is 0 Å². The number of amides is 2. The normalized spacial score (nSPS) is 9.55. The molecule has 8 heteroatoms. The van der Waals surface area contributed by atoms with E-state index in [1.165, 1.54) is 24.3 Å². The van der Waals surface area contributed by atoms with Gasteiger partial charge in [0.05, 0.1) is 0 Å². The van der Waals surface area contributed by atoms with Gasteiger partial charge in [0.25, 0.3) is 0 Å². The molecule has 0 fully saturated rings. The molecule has 116 valence electrons. The number of hydrogen-bond acceptors (Lipinski definition) is 6. The quantitative estimate of drug-likeness (QED) is 0.365. The van der Waals surface area contributed by atoms with E-state index >= 15 is 0 Å². The Bertz CT molecular complexity index is 659. The first kappa shape index (κ1) is 17.7. The van der Waals surface area contributed by atoms with Gasteiger partial charge in [-0.1, -0.05) is 0 Å². The van der Waals surface area contributed by atoms with Crippen LogP contribution in [0.1, 0.15) is 20.7 Å². The summed E-state index contributed by atoms with van der Waals surface area (Å²) in [6.07, 6.45) is 0. The van der Waals surface area contributed by atoms with E-state index in [4.69, 9.17) is 22.3 Å². The molecule has 0 saturated carbocycles. The third-order valence-electron chi connectivity index (χ3n) is 2.57. The smallest absolute Gasteiger partial charge is 0.248 e. The number of thiol groups is 2. The third-order valence-corrected chi connectivity index (χ3v) is 3.36. The molecule has 0 heterocycles. The van der Waals surface area contributed by atoms with Gasteiger partial charge >= 0.3 is 0 Å². The fourth-order valence-electron chi connectivity index (χ4n) is 1.38. The summed E-state index contributed by atoms with van der Waals surface area (Å²) in [4.78, 5) is 22.2. The lowest BCUT2D eigenvalue weighted by molar-refractivity contribution is 0.0991. The number of phenols is 1. The van der Waals surface area contributed by atoms with Crippen molar-refractivity contribution in [1.29, 1.82) is 0 Å². The Labute approximate surface area is 138 Å². The maximum atomic E-state index is 10.6. The molecule has 0 atom stereocenters. The summed E-state index contributed by atoms with van der Waals surface area (Å²) in [6.45, 7) is 0. The molecule has 0 aromatic heterocycles. The molecule has 0 aliphatic carbocycles. The minimum Gasteiger partial charge on any atom is -0.507 e. The molecule has 7 N–H and O–H groups in total. The van der Waals surface area contributed by atoms with Gasteiger partial charge in [-0.3, -0.25) is 9.59 Å². The fraction of sp³-hybridized carbons (Fsp3) is 0. The van der Waals surface area contributed by atoms with E-state index in [1.807, 2.05) is 0 Å². The Morgan fingerprint density at radius 2 is 1.32 bits per heavy atom. The largest absolute Gasteiger partial charge is 0.507 e. The average molecular weight is 337 g/mol. The number of carbonyl (C=O) groups is 2. The van der Waals surface area contributed by atoms with Crippen molar-refractivity contribution in [2.24, 2.45) is 11.5 Å². The lowest BCUT2D eigenvalue weighted by atomic mass is 10.2. The number of benzene rings is 2. The Balaban J connectivity index is 0.000000220. The van der Waals surface area contributed by atoms with Crippen molar-refractivity contribution in [3.8, 4) is 5.75 Å². The number of nitrogen functional groups attached to an aromatic ring is 1. The predicted molar refractivity (Wildman–Crippen MR) is 90.5 cm³/mol. The number of aromatic hydroxyl groups is 1. The molecule has 2 aromatic carbocycles.